The molecule has 0 fully saturated rings. The molecule has 2 atom stereocenters. The third-order valence-corrected chi connectivity index (χ3v) is 6.94. The van der Waals surface area contributed by atoms with Crippen LogP contribution in [0.25, 0.3) is 38.3 Å². The minimum atomic E-state index is 0.334. The van der Waals surface area contributed by atoms with E-state index in [0.29, 0.717) is 12.0 Å². The lowest BCUT2D eigenvalue weighted by Crippen LogP contribution is -2.26. The first-order valence-electron chi connectivity index (χ1n) is 11.8. The lowest BCUT2D eigenvalue weighted by Gasteiger charge is -2.25. The molecule has 2 nitrogen and oxygen atoms in total. The Hall–Kier alpha value is -3.52. The quantitative estimate of drug-likeness (QED) is 0.356. The van der Waals surface area contributed by atoms with Gasteiger partial charge in [-0.1, -0.05) is 79.8 Å². The summed E-state index contributed by atoms with van der Waals surface area (Å²) in [5.41, 5.74) is 5.03. The van der Waals surface area contributed by atoms with Gasteiger partial charge in [0.05, 0.1) is 17.1 Å². The normalized spacial score (nSPS) is 20.3. The SMILES string of the molecule is CCC1C=CC=CC1Nc1ccc2c(c1)c1ccc3ccccc3c1n2C1=CCCC=C1. The van der Waals surface area contributed by atoms with E-state index in [4.69, 9.17) is 0 Å². The summed E-state index contributed by atoms with van der Waals surface area (Å²) < 4.78 is 2.46. The molecule has 2 unspecified atom stereocenters. The van der Waals surface area contributed by atoms with Crippen LogP contribution in [0.1, 0.15) is 26.2 Å². The number of rotatable bonds is 4. The summed E-state index contributed by atoms with van der Waals surface area (Å²) in [4.78, 5) is 0. The number of hydrogen-bond donors (Lipinski definition) is 1. The largest absolute Gasteiger partial charge is 0.378 e. The zero-order chi connectivity index (χ0) is 21.5. The van der Waals surface area contributed by atoms with Crippen molar-refractivity contribution in [1.29, 1.82) is 0 Å². The highest BCUT2D eigenvalue weighted by Crippen LogP contribution is 2.38. The number of aromatic nitrogens is 1. The van der Waals surface area contributed by atoms with Crippen LogP contribution in [0.2, 0.25) is 0 Å². The lowest BCUT2D eigenvalue weighted by atomic mass is 9.92. The van der Waals surface area contributed by atoms with E-state index in [9.17, 15) is 0 Å². The van der Waals surface area contributed by atoms with Crippen LogP contribution in [0.15, 0.2) is 97.1 Å². The molecule has 0 saturated heterocycles. The molecule has 1 aromatic heterocycles. The second-order valence-electron chi connectivity index (χ2n) is 8.87. The monoisotopic (exact) mass is 416 g/mol. The number of benzene rings is 3. The number of hydrogen-bond acceptors (Lipinski definition) is 1. The summed E-state index contributed by atoms with van der Waals surface area (Å²) in [5, 5.41) is 9.00. The van der Waals surface area contributed by atoms with Gasteiger partial charge in [-0.15, -0.1) is 0 Å². The van der Waals surface area contributed by atoms with Gasteiger partial charge in [0.25, 0.3) is 0 Å². The molecular weight excluding hydrogens is 388 g/mol. The van der Waals surface area contributed by atoms with Crippen molar-refractivity contribution < 1.29 is 0 Å². The van der Waals surface area contributed by atoms with E-state index in [2.05, 4.69) is 114 Å². The van der Waals surface area contributed by atoms with E-state index in [-0.39, 0.29) is 0 Å². The molecule has 6 rings (SSSR count). The minimum Gasteiger partial charge on any atom is -0.378 e. The lowest BCUT2D eigenvalue weighted by molar-refractivity contribution is 0.579. The van der Waals surface area contributed by atoms with Gasteiger partial charge in [-0.05, 0) is 48.9 Å². The Morgan fingerprint density at radius 2 is 1.81 bits per heavy atom. The maximum absolute atomic E-state index is 3.79. The first kappa shape index (κ1) is 19.2. The van der Waals surface area contributed by atoms with Gasteiger partial charge in [0.2, 0.25) is 0 Å². The van der Waals surface area contributed by atoms with E-state index >= 15 is 0 Å². The fraction of sp³-hybridized carbons (Fsp3) is 0.200. The molecule has 1 heterocycles. The number of anilines is 1. The Bertz CT molecular complexity index is 1440. The predicted octanol–water partition coefficient (Wildman–Crippen LogP) is 8.07. The van der Waals surface area contributed by atoms with E-state index in [1.807, 2.05) is 0 Å². The Labute approximate surface area is 189 Å². The number of nitrogens with one attached hydrogen (secondary N) is 1. The third kappa shape index (κ3) is 3.10. The van der Waals surface area contributed by atoms with Crippen molar-refractivity contribution in [3.63, 3.8) is 0 Å². The van der Waals surface area contributed by atoms with Crippen molar-refractivity contribution in [3.05, 3.63) is 97.1 Å². The molecule has 158 valence electrons. The van der Waals surface area contributed by atoms with Gasteiger partial charge in [0, 0.05) is 33.5 Å². The number of nitrogens with zero attached hydrogens (tertiary/aromatic N) is 1. The first-order chi connectivity index (χ1) is 15.8. The summed E-state index contributed by atoms with van der Waals surface area (Å²) in [7, 11) is 0. The Balaban J connectivity index is 1.57. The molecule has 2 heteroatoms. The molecule has 0 spiro atoms. The maximum Gasteiger partial charge on any atom is 0.0619 e. The number of allylic oxidation sites excluding steroid dienone is 6. The zero-order valence-corrected chi connectivity index (χ0v) is 18.5. The molecule has 0 aliphatic heterocycles. The highest BCUT2D eigenvalue weighted by molar-refractivity contribution is 6.19. The van der Waals surface area contributed by atoms with Crippen LogP contribution in [0.5, 0.6) is 0 Å². The van der Waals surface area contributed by atoms with Crippen molar-refractivity contribution >= 4 is 44.0 Å². The molecule has 0 bridgehead atoms. The van der Waals surface area contributed by atoms with E-state index in [1.54, 1.807) is 0 Å². The molecule has 0 saturated carbocycles. The van der Waals surface area contributed by atoms with Crippen LogP contribution < -0.4 is 5.32 Å². The Kier molecular flexibility index (Phi) is 4.72. The van der Waals surface area contributed by atoms with Gasteiger partial charge in [0.1, 0.15) is 0 Å². The van der Waals surface area contributed by atoms with Gasteiger partial charge in [-0.2, -0.15) is 0 Å². The summed E-state index contributed by atoms with van der Waals surface area (Å²) in [5.74, 6) is 0.526. The van der Waals surface area contributed by atoms with Gasteiger partial charge in [0.15, 0.2) is 0 Å². The Morgan fingerprint density at radius 3 is 2.69 bits per heavy atom. The van der Waals surface area contributed by atoms with Crippen molar-refractivity contribution in [2.75, 3.05) is 5.32 Å². The average molecular weight is 417 g/mol. The van der Waals surface area contributed by atoms with E-state index in [0.717, 1.165) is 19.3 Å². The second kappa shape index (κ2) is 7.87. The zero-order valence-electron chi connectivity index (χ0n) is 18.5. The van der Waals surface area contributed by atoms with Gasteiger partial charge in [-0.25, -0.2) is 0 Å². The Morgan fingerprint density at radius 1 is 0.906 bits per heavy atom. The average Bonchev–Trinajstić information content (AvgIpc) is 3.19. The maximum atomic E-state index is 3.79. The van der Waals surface area contributed by atoms with Gasteiger partial charge < -0.3 is 9.88 Å². The van der Waals surface area contributed by atoms with Crippen LogP contribution in [-0.2, 0) is 0 Å². The van der Waals surface area contributed by atoms with Crippen molar-refractivity contribution in [1.82, 2.24) is 4.57 Å². The van der Waals surface area contributed by atoms with Crippen LogP contribution >= 0.6 is 0 Å². The summed E-state index contributed by atoms with van der Waals surface area (Å²) in [6.45, 7) is 2.26. The topological polar surface area (TPSA) is 17.0 Å². The summed E-state index contributed by atoms with van der Waals surface area (Å²) >= 11 is 0. The molecule has 32 heavy (non-hydrogen) atoms. The summed E-state index contributed by atoms with van der Waals surface area (Å²) in [6.07, 6.45) is 19.2. The third-order valence-electron chi connectivity index (χ3n) is 6.94. The van der Waals surface area contributed by atoms with Crippen LogP contribution in [0, 0.1) is 5.92 Å². The van der Waals surface area contributed by atoms with E-state index in [1.165, 1.54) is 44.0 Å². The number of fused-ring (bicyclic) bond motifs is 5. The van der Waals surface area contributed by atoms with Crippen molar-refractivity contribution in [2.45, 2.75) is 32.2 Å². The van der Waals surface area contributed by atoms with Crippen LogP contribution in [-0.4, -0.2) is 10.6 Å². The van der Waals surface area contributed by atoms with Gasteiger partial charge in [-0.3, -0.25) is 0 Å². The van der Waals surface area contributed by atoms with Crippen LogP contribution in [0.3, 0.4) is 0 Å². The highest BCUT2D eigenvalue weighted by Gasteiger charge is 2.19. The smallest absolute Gasteiger partial charge is 0.0619 e. The summed E-state index contributed by atoms with van der Waals surface area (Å²) in [6, 6.07) is 20.5. The first-order valence-corrected chi connectivity index (χ1v) is 11.8. The van der Waals surface area contributed by atoms with Crippen molar-refractivity contribution in [3.8, 4) is 0 Å². The fourth-order valence-corrected chi connectivity index (χ4v) is 5.29. The molecular formula is C30H28N2. The molecule has 0 radical (unpaired) electrons. The van der Waals surface area contributed by atoms with Crippen LogP contribution in [0.4, 0.5) is 5.69 Å². The second-order valence-corrected chi connectivity index (χ2v) is 8.87. The predicted molar refractivity (Wildman–Crippen MR) is 139 cm³/mol. The molecule has 0 amide bonds. The van der Waals surface area contributed by atoms with E-state index < -0.39 is 0 Å². The molecule has 4 aromatic rings. The highest BCUT2D eigenvalue weighted by atomic mass is 15.0. The fourth-order valence-electron chi connectivity index (χ4n) is 5.29. The molecule has 2 aliphatic carbocycles. The molecule has 2 aliphatic rings. The standard InChI is InChI=1S/C30H28N2/c1-2-21-10-7-9-15-28(21)31-23-17-19-29-27(20-23)26-18-16-22-11-6-8-14-25(22)30(26)32(29)24-12-4-3-5-13-24/h4,6-21,28,31H,2-3,5H2,1H3. The molecule has 1 N–H and O–H groups in total. The molecule has 3 aromatic carbocycles. The van der Waals surface area contributed by atoms with Gasteiger partial charge >= 0.3 is 0 Å². The minimum absolute atomic E-state index is 0.334. The van der Waals surface area contributed by atoms with Crippen molar-refractivity contribution in [2.24, 2.45) is 5.92 Å².